The summed E-state index contributed by atoms with van der Waals surface area (Å²) in [5.41, 5.74) is 7.24. The van der Waals surface area contributed by atoms with Gasteiger partial charge < -0.3 is 16.0 Å². The van der Waals surface area contributed by atoms with Gasteiger partial charge in [0.15, 0.2) is 5.82 Å². The van der Waals surface area contributed by atoms with Crippen molar-refractivity contribution < 1.29 is 4.79 Å². The molecule has 1 saturated heterocycles. The topological polar surface area (TPSA) is 97.0 Å². The Morgan fingerprint density at radius 2 is 2.26 bits per heavy atom. The van der Waals surface area contributed by atoms with Gasteiger partial charge in [-0.1, -0.05) is 6.58 Å². The predicted octanol–water partition coefficient (Wildman–Crippen LogP) is 1.27. The van der Waals surface area contributed by atoms with E-state index in [0.29, 0.717) is 17.9 Å². The summed E-state index contributed by atoms with van der Waals surface area (Å²) in [6.45, 7) is 5.11. The highest BCUT2D eigenvalue weighted by molar-refractivity contribution is 5.87. The molecule has 7 heteroatoms. The predicted molar refractivity (Wildman–Crippen MR) is 89.9 cm³/mol. The maximum Gasteiger partial charge on any atom is 0.243 e. The molecule has 0 saturated carbocycles. The van der Waals surface area contributed by atoms with Crippen molar-refractivity contribution in [1.29, 1.82) is 0 Å². The number of carbonyl (C=O) groups is 1. The zero-order chi connectivity index (χ0) is 16.2. The van der Waals surface area contributed by atoms with Crippen LogP contribution in [0.4, 0.5) is 11.6 Å². The molecule has 0 bridgehead atoms. The summed E-state index contributed by atoms with van der Waals surface area (Å²) >= 11 is 0. The first kappa shape index (κ1) is 15.2. The van der Waals surface area contributed by atoms with Crippen molar-refractivity contribution >= 4 is 28.6 Å². The average Bonchev–Trinajstić information content (AvgIpc) is 2.80. The second-order valence-corrected chi connectivity index (χ2v) is 5.65. The fourth-order valence-corrected chi connectivity index (χ4v) is 2.85. The van der Waals surface area contributed by atoms with Crippen LogP contribution >= 0.6 is 0 Å². The van der Waals surface area contributed by atoms with E-state index in [1.54, 1.807) is 0 Å². The number of anilines is 2. The number of nitrogens with two attached hydrogens (primary N) is 1. The Morgan fingerprint density at radius 3 is 3.09 bits per heavy atom. The standard InChI is InChI=1S/C16H20N6O/c1-2-14(23)20-11-5-3-4-8-22(9-11)13-7-6-12-15(21-13)16(17)19-10-18-12/h2,6-7,10-11H,1,3-5,8-9H2,(H,20,23)(H2,17,18,19)/t11-/m0/s1. The number of hydrogen-bond donors (Lipinski definition) is 2. The number of rotatable bonds is 3. The molecule has 1 aliphatic heterocycles. The zero-order valence-electron chi connectivity index (χ0n) is 12.9. The van der Waals surface area contributed by atoms with Gasteiger partial charge in [0.2, 0.25) is 5.91 Å². The fourth-order valence-electron chi connectivity index (χ4n) is 2.85. The molecule has 7 nitrogen and oxygen atoms in total. The molecular formula is C16H20N6O. The third kappa shape index (κ3) is 3.39. The van der Waals surface area contributed by atoms with E-state index in [1.165, 1.54) is 12.4 Å². The number of pyridine rings is 1. The van der Waals surface area contributed by atoms with Gasteiger partial charge >= 0.3 is 0 Å². The van der Waals surface area contributed by atoms with E-state index in [2.05, 4.69) is 31.7 Å². The lowest BCUT2D eigenvalue weighted by atomic mass is 10.1. The number of carbonyl (C=O) groups excluding carboxylic acids is 1. The quantitative estimate of drug-likeness (QED) is 0.828. The van der Waals surface area contributed by atoms with Crippen LogP contribution in [0.5, 0.6) is 0 Å². The largest absolute Gasteiger partial charge is 0.382 e. The van der Waals surface area contributed by atoms with Crippen LogP contribution in [0.25, 0.3) is 11.0 Å². The first-order valence-corrected chi connectivity index (χ1v) is 7.72. The van der Waals surface area contributed by atoms with Gasteiger partial charge in [-0.25, -0.2) is 15.0 Å². The van der Waals surface area contributed by atoms with E-state index >= 15 is 0 Å². The highest BCUT2D eigenvalue weighted by Crippen LogP contribution is 2.22. The number of nitrogens with one attached hydrogen (secondary N) is 1. The molecule has 0 spiro atoms. The van der Waals surface area contributed by atoms with Gasteiger partial charge in [-0.2, -0.15) is 0 Å². The molecule has 120 valence electrons. The number of nitrogens with zero attached hydrogens (tertiary/aromatic N) is 4. The number of amides is 1. The Balaban J connectivity index is 1.85. The molecule has 1 amide bonds. The van der Waals surface area contributed by atoms with Gasteiger partial charge in [-0.3, -0.25) is 4.79 Å². The van der Waals surface area contributed by atoms with Gasteiger partial charge in [-0.05, 0) is 37.5 Å². The van der Waals surface area contributed by atoms with Crippen molar-refractivity contribution in [3.8, 4) is 0 Å². The Labute approximate surface area is 134 Å². The summed E-state index contributed by atoms with van der Waals surface area (Å²) in [5.74, 6) is 1.07. The molecule has 3 heterocycles. The second kappa shape index (κ2) is 6.60. The lowest BCUT2D eigenvalue weighted by molar-refractivity contribution is -0.117. The number of aromatic nitrogens is 3. The number of nitrogen functional groups attached to an aromatic ring is 1. The molecule has 1 fully saturated rings. The van der Waals surface area contributed by atoms with Gasteiger partial charge in [0.05, 0.1) is 5.52 Å². The molecule has 3 rings (SSSR count). The van der Waals surface area contributed by atoms with Crippen molar-refractivity contribution in [2.45, 2.75) is 25.3 Å². The Bertz CT molecular complexity index is 732. The van der Waals surface area contributed by atoms with E-state index < -0.39 is 0 Å². The van der Waals surface area contributed by atoms with E-state index in [0.717, 1.165) is 37.1 Å². The minimum atomic E-state index is -0.138. The molecule has 23 heavy (non-hydrogen) atoms. The van der Waals surface area contributed by atoms with Crippen LogP contribution in [0.2, 0.25) is 0 Å². The molecule has 0 unspecified atom stereocenters. The van der Waals surface area contributed by atoms with Crippen LogP contribution in [0.3, 0.4) is 0 Å². The average molecular weight is 312 g/mol. The lowest BCUT2D eigenvalue weighted by Gasteiger charge is -2.26. The molecule has 0 aromatic carbocycles. The minimum Gasteiger partial charge on any atom is -0.382 e. The van der Waals surface area contributed by atoms with E-state index in [1.807, 2.05) is 12.1 Å². The van der Waals surface area contributed by atoms with Crippen molar-refractivity contribution in [3.63, 3.8) is 0 Å². The SMILES string of the molecule is C=CC(=O)N[C@H]1CCCCN(c2ccc3ncnc(N)c3n2)C1. The molecular weight excluding hydrogens is 292 g/mol. The van der Waals surface area contributed by atoms with Crippen LogP contribution in [0.1, 0.15) is 19.3 Å². The van der Waals surface area contributed by atoms with Crippen LogP contribution in [-0.2, 0) is 4.79 Å². The van der Waals surface area contributed by atoms with E-state index in [9.17, 15) is 4.79 Å². The summed E-state index contributed by atoms with van der Waals surface area (Å²) < 4.78 is 0. The number of hydrogen-bond acceptors (Lipinski definition) is 6. The maximum atomic E-state index is 11.6. The first-order valence-electron chi connectivity index (χ1n) is 7.72. The van der Waals surface area contributed by atoms with Gasteiger partial charge in [-0.15, -0.1) is 0 Å². The van der Waals surface area contributed by atoms with Crippen LogP contribution in [0, 0.1) is 0 Å². The molecule has 1 atom stereocenters. The van der Waals surface area contributed by atoms with Crippen molar-refractivity contribution in [1.82, 2.24) is 20.3 Å². The first-order chi connectivity index (χ1) is 11.2. The third-order valence-electron chi connectivity index (χ3n) is 4.02. The summed E-state index contributed by atoms with van der Waals surface area (Å²) in [5, 5.41) is 2.98. The lowest BCUT2D eigenvalue weighted by Crippen LogP contribution is -2.42. The summed E-state index contributed by atoms with van der Waals surface area (Å²) in [6.07, 6.45) is 5.82. The zero-order valence-corrected chi connectivity index (χ0v) is 12.9. The fraction of sp³-hybridized carbons (Fsp3) is 0.375. The van der Waals surface area contributed by atoms with Crippen LogP contribution < -0.4 is 16.0 Å². The van der Waals surface area contributed by atoms with E-state index in [4.69, 9.17) is 5.73 Å². The van der Waals surface area contributed by atoms with Gasteiger partial charge in [0.1, 0.15) is 17.7 Å². The van der Waals surface area contributed by atoms with Gasteiger partial charge in [0.25, 0.3) is 0 Å². The molecule has 2 aromatic rings. The molecule has 1 aliphatic rings. The number of fused-ring (bicyclic) bond motifs is 1. The molecule has 2 aromatic heterocycles. The highest BCUT2D eigenvalue weighted by Gasteiger charge is 2.20. The summed E-state index contributed by atoms with van der Waals surface area (Å²) in [4.78, 5) is 26.5. The highest BCUT2D eigenvalue weighted by atomic mass is 16.1. The minimum absolute atomic E-state index is 0.0878. The van der Waals surface area contributed by atoms with E-state index in [-0.39, 0.29) is 11.9 Å². The van der Waals surface area contributed by atoms with Crippen LogP contribution in [-0.4, -0.2) is 40.0 Å². The Hall–Kier alpha value is -2.70. The van der Waals surface area contributed by atoms with Crippen molar-refractivity contribution in [2.75, 3.05) is 23.7 Å². The van der Waals surface area contributed by atoms with Crippen molar-refractivity contribution in [3.05, 3.63) is 31.1 Å². The van der Waals surface area contributed by atoms with Crippen LogP contribution in [0.15, 0.2) is 31.1 Å². The normalized spacial score (nSPS) is 18.4. The summed E-state index contributed by atoms with van der Waals surface area (Å²) in [7, 11) is 0. The molecule has 3 N–H and O–H groups in total. The summed E-state index contributed by atoms with van der Waals surface area (Å²) in [6, 6.07) is 3.93. The Kier molecular flexibility index (Phi) is 4.36. The Morgan fingerprint density at radius 1 is 1.39 bits per heavy atom. The third-order valence-corrected chi connectivity index (χ3v) is 4.02. The molecule has 0 aliphatic carbocycles. The maximum absolute atomic E-state index is 11.6. The van der Waals surface area contributed by atoms with Gasteiger partial charge in [0, 0.05) is 19.1 Å². The second-order valence-electron chi connectivity index (χ2n) is 5.65. The molecule has 0 radical (unpaired) electrons. The monoisotopic (exact) mass is 312 g/mol. The van der Waals surface area contributed by atoms with Crippen molar-refractivity contribution in [2.24, 2.45) is 0 Å². The smallest absolute Gasteiger partial charge is 0.243 e.